The third kappa shape index (κ3) is 3.88. The lowest BCUT2D eigenvalue weighted by atomic mass is 10.2. The molecule has 1 heterocycles. The van der Waals surface area contributed by atoms with E-state index in [4.69, 9.17) is 21.4 Å². The molecule has 0 spiro atoms. The van der Waals surface area contributed by atoms with Crippen LogP contribution in [0.1, 0.15) is 5.56 Å². The Morgan fingerprint density at radius 1 is 1.17 bits per heavy atom. The number of carboxylic acid groups (broad SMARTS) is 1. The van der Waals surface area contributed by atoms with Crippen molar-refractivity contribution in [3.05, 3.63) is 59.1 Å². The summed E-state index contributed by atoms with van der Waals surface area (Å²) in [6.45, 7) is 0.0398. The van der Waals surface area contributed by atoms with Gasteiger partial charge in [0.2, 0.25) is 5.82 Å². The zero-order valence-corrected chi connectivity index (χ0v) is 13.2. The molecule has 0 aliphatic heterocycles. The van der Waals surface area contributed by atoms with Crippen LogP contribution in [-0.2, 0) is 11.3 Å². The maximum absolute atomic E-state index is 10.5. The second-order valence-corrected chi connectivity index (χ2v) is 5.35. The molecule has 0 radical (unpaired) electrons. The third-order valence-electron chi connectivity index (χ3n) is 3.20. The normalized spacial score (nSPS) is 10.5. The number of halogens is 1. The van der Waals surface area contributed by atoms with Crippen LogP contribution in [0.3, 0.4) is 0 Å². The van der Waals surface area contributed by atoms with Crippen LogP contribution in [0.25, 0.3) is 11.4 Å². The Balaban J connectivity index is 1.71. The molecule has 1 N–H and O–H groups in total. The van der Waals surface area contributed by atoms with Crippen molar-refractivity contribution in [2.24, 2.45) is 0 Å². The summed E-state index contributed by atoms with van der Waals surface area (Å²) in [7, 11) is 0. The van der Waals surface area contributed by atoms with Crippen LogP contribution < -0.4 is 4.74 Å². The minimum Gasteiger partial charge on any atom is -0.482 e. The SMILES string of the molecule is O=C(O)COc1ccc(-c2nnn(Cc3ccccc3Cl)n2)cc1. The van der Waals surface area contributed by atoms with Gasteiger partial charge >= 0.3 is 5.97 Å². The van der Waals surface area contributed by atoms with Gasteiger partial charge in [0.1, 0.15) is 5.75 Å². The van der Waals surface area contributed by atoms with Gasteiger partial charge in [0, 0.05) is 10.6 Å². The molecule has 0 atom stereocenters. The fourth-order valence-electron chi connectivity index (χ4n) is 2.05. The summed E-state index contributed by atoms with van der Waals surface area (Å²) in [5.41, 5.74) is 1.66. The van der Waals surface area contributed by atoms with Gasteiger partial charge in [-0.05, 0) is 41.1 Å². The number of hydrogen-bond acceptors (Lipinski definition) is 5. The van der Waals surface area contributed by atoms with Crippen LogP contribution in [0.5, 0.6) is 5.75 Å². The van der Waals surface area contributed by atoms with Gasteiger partial charge in [0.15, 0.2) is 6.61 Å². The van der Waals surface area contributed by atoms with Crippen molar-refractivity contribution in [2.75, 3.05) is 6.61 Å². The quantitative estimate of drug-likeness (QED) is 0.739. The lowest BCUT2D eigenvalue weighted by Crippen LogP contribution is -2.09. The van der Waals surface area contributed by atoms with Crippen molar-refractivity contribution in [3.63, 3.8) is 0 Å². The van der Waals surface area contributed by atoms with Crippen LogP contribution in [0.15, 0.2) is 48.5 Å². The van der Waals surface area contributed by atoms with E-state index in [-0.39, 0.29) is 6.61 Å². The third-order valence-corrected chi connectivity index (χ3v) is 3.57. The summed E-state index contributed by atoms with van der Waals surface area (Å²) in [4.78, 5) is 11.9. The fourth-order valence-corrected chi connectivity index (χ4v) is 2.25. The summed E-state index contributed by atoms with van der Waals surface area (Å²) in [5, 5.41) is 21.6. The van der Waals surface area contributed by atoms with E-state index in [1.807, 2.05) is 24.3 Å². The van der Waals surface area contributed by atoms with E-state index in [2.05, 4.69) is 15.4 Å². The largest absolute Gasteiger partial charge is 0.482 e. The fraction of sp³-hybridized carbons (Fsp3) is 0.125. The average Bonchev–Trinajstić information content (AvgIpc) is 3.04. The highest BCUT2D eigenvalue weighted by atomic mass is 35.5. The number of rotatable bonds is 6. The lowest BCUT2D eigenvalue weighted by molar-refractivity contribution is -0.139. The van der Waals surface area contributed by atoms with Gasteiger partial charge < -0.3 is 9.84 Å². The van der Waals surface area contributed by atoms with Crippen molar-refractivity contribution in [2.45, 2.75) is 6.54 Å². The van der Waals surface area contributed by atoms with Gasteiger partial charge in [-0.1, -0.05) is 29.8 Å². The molecule has 0 fully saturated rings. The van der Waals surface area contributed by atoms with Gasteiger partial charge in [-0.3, -0.25) is 0 Å². The van der Waals surface area contributed by atoms with Gasteiger partial charge in [-0.25, -0.2) is 4.79 Å². The molecule has 2 aromatic carbocycles. The molecular formula is C16H13ClN4O3. The topological polar surface area (TPSA) is 90.1 Å². The number of carboxylic acids is 1. The highest BCUT2D eigenvalue weighted by molar-refractivity contribution is 6.31. The molecule has 0 saturated heterocycles. The number of benzene rings is 2. The Morgan fingerprint density at radius 2 is 1.92 bits per heavy atom. The van der Waals surface area contributed by atoms with Crippen LogP contribution in [0, 0.1) is 0 Å². The van der Waals surface area contributed by atoms with E-state index in [0.717, 1.165) is 11.1 Å². The molecule has 0 bridgehead atoms. The summed E-state index contributed by atoms with van der Waals surface area (Å²) >= 11 is 6.12. The maximum atomic E-state index is 10.5. The van der Waals surface area contributed by atoms with E-state index < -0.39 is 5.97 Å². The Hall–Kier alpha value is -2.93. The highest BCUT2D eigenvalue weighted by Gasteiger charge is 2.08. The van der Waals surface area contributed by atoms with E-state index in [9.17, 15) is 4.79 Å². The molecule has 0 amide bonds. The zero-order chi connectivity index (χ0) is 16.9. The molecule has 0 aliphatic carbocycles. The van der Waals surface area contributed by atoms with Crippen LogP contribution in [0.2, 0.25) is 5.02 Å². The number of aliphatic carboxylic acids is 1. The number of ether oxygens (including phenoxy) is 1. The summed E-state index contributed by atoms with van der Waals surface area (Å²) in [5.74, 6) is -0.0975. The molecule has 122 valence electrons. The molecule has 3 rings (SSSR count). The van der Waals surface area contributed by atoms with Gasteiger partial charge in [0.05, 0.1) is 6.54 Å². The lowest BCUT2D eigenvalue weighted by Gasteiger charge is -2.03. The molecule has 24 heavy (non-hydrogen) atoms. The van der Waals surface area contributed by atoms with E-state index in [1.54, 1.807) is 24.3 Å². The van der Waals surface area contributed by atoms with Gasteiger partial charge in [-0.2, -0.15) is 4.80 Å². The van der Waals surface area contributed by atoms with Crippen LogP contribution in [0.4, 0.5) is 0 Å². The Kier molecular flexibility index (Phi) is 4.72. The first-order valence-corrected chi connectivity index (χ1v) is 7.46. The Bertz CT molecular complexity index is 849. The Morgan fingerprint density at radius 3 is 2.62 bits per heavy atom. The van der Waals surface area contributed by atoms with Crippen molar-refractivity contribution in [1.29, 1.82) is 0 Å². The van der Waals surface area contributed by atoms with Gasteiger partial charge in [0.25, 0.3) is 0 Å². The molecule has 0 aliphatic rings. The summed E-state index contributed by atoms with van der Waals surface area (Å²) in [6, 6.07) is 14.3. The number of hydrogen-bond donors (Lipinski definition) is 1. The van der Waals surface area contributed by atoms with E-state index in [1.165, 1.54) is 4.80 Å². The van der Waals surface area contributed by atoms with Gasteiger partial charge in [-0.15, -0.1) is 10.2 Å². The minimum absolute atomic E-state index is 0.383. The first-order chi connectivity index (χ1) is 11.6. The van der Waals surface area contributed by atoms with Crippen molar-refractivity contribution < 1.29 is 14.6 Å². The highest BCUT2D eigenvalue weighted by Crippen LogP contribution is 2.19. The predicted molar refractivity (Wildman–Crippen MR) is 86.9 cm³/mol. The number of carbonyl (C=O) groups is 1. The molecule has 3 aromatic rings. The number of nitrogens with zero attached hydrogens (tertiary/aromatic N) is 4. The smallest absolute Gasteiger partial charge is 0.341 e. The second-order valence-electron chi connectivity index (χ2n) is 4.94. The van der Waals surface area contributed by atoms with Crippen molar-refractivity contribution >= 4 is 17.6 Å². The van der Waals surface area contributed by atoms with E-state index in [0.29, 0.717) is 23.1 Å². The van der Waals surface area contributed by atoms with Crippen LogP contribution in [-0.4, -0.2) is 37.9 Å². The first-order valence-electron chi connectivity index (χ1n) is 7.08. The minimum atomic E-state index is -1.02. The average molecular weight is 345 g/mol. The summed E-state index contributed by atoms with van der Waals surface area (Å²) < 4.78 is 5.08. The molecule has 0 unspecified atom stereocenters. The monoisotopic (exact) mass is 344 g/mol. The second kappa shape index (κ2) is 7.10. The summed E-state index contributed by atoms with van der Waals surface area (Å²) in [6.07, 6.45) is 0. The van der Waals surface area contributed by atoms with Crippen LogP contribution >= 0.6 is 11.6 Å². The molecule has 8 heteroatoms. The first kappa shape index (κ1) is 15.9. The maximum Gasteiger partial charge on any atom is 0.341 e. The molecule has 7 nitrogen and oxygen atoms in total. The molecule has 1 aromatic heterocycles. The number of tetrazole rings is 1. The standard InChI is InChI=1S/C16H13ClN4O3/c17-14-4-2-1-3-12(14)9-21-19-16(18-20-21)11-5-7-13(8-6-11)24-10-15(22)23/h1-8H,9-10H2,(H,22,23). The van der Waals surface area contributed by atoms with Crippen molar-refractivity contribution in [1.82, 2.24) is 20.2 Å². The van der Waals surface area contributed by atoms with E-state index >= 15 is 0 Å². The predicted octanol–water partition coefficient (Wildman–Crippen LogP) is 2.51. The zero-order valence-electron chi connectivity index (χ0n) is 12.5. The Labute approximate surface area is 142 Å². The van der Waals surface area contributed by atoms with Crippen molar-refractivity contribution in [3.8, 4) is 17.1 Å². The number of aromatic nitrogens is 4. The molecule has 0 saturated carbocycles. The molecular weight excluding hydrogens is 332 g/mol.